The van der Waals surface area contributed by atoms with E-state index in [1.54, 1.807) is 18.1 Å². The van der Waals surface area contributed by atoms with Gasteiger partial charge in [0.15, 0.2) is 0 Å². The molecule has 1 unspecified atom stereocenters. The first kappa shape index (κ1) is 18.9. The van der Waals surface area contributed by atoms with Gasteiger partial charge in [0.25, 0.3) is 0 Å². The van der Waals surface area contributed by atoms with Crippen molar-refractivity contribution in [3.8, 4) is 0 Å². The average molecular weight is 368 g/mol. The predicted octanol–water partition coefficient (Wildman–Crippen LogP) is 3.45. The lowest BCUT2D eigenvalue weighted by Crippen LogP contribution is -2.41. The molecule has 0 bridgehead atoms. The Bertz CT molecular complexity index is 916. The quantitative estimate of drug-likeness (QED) is 0.724. The summed E-state index contributed by atoms with van der Waals surface area (Å²) >= 11 is 0. The van der Waals surface area contributed by atoms with Crippen LogP contribution in [-0.4, -0.2) is 37.5 Å². The maximum Gasteiger partial charge on any atom is 0.318 e. The van der Waals surface area contributed by atoms with Crippen molar-refractivity contribution >= 4 is 17.1 Å². The van der Waals surface area contributed by atoms with Crippen LogP contribution in [0.1, 0.15) is 42.7 Å². The first-order valence-electron chi connectivity index (χ1n) is 9.21. The van der Waals surface area contributed by atoms with E-state index in [2.05, 4.69) is 60.1 Å². The number of imidazole rings is 2. The second-order valence-corrected chi connectivity index (χ2v) is 7.56. The van der Waals surface area contributed by atoms with E-state index in [1.165, 1.54) is 11.1 Å². The van der Waals surface area contributed by atoms with Gasteiger partial charge >= 0.3 is 6.03 Å². The molecule has 0 spiro atoms. The molecule has 0 saturated carbocycles. The first-order valence-corrected chi connectivity index (χ1v) is 9.21. The standard InChI is InChI=1S/C20H28N6O/c1-12(2)18(19-21-7-8-25(19)5)24-20(27)26(6)11-17-22-15-9-13(3)14(4)10-16(15)23-17/h7-10,12,18H,11H2,1-6H3,(H,22,23)(H,24,27). The molecule has 2 amide bonds. The highest BCUT2D eigenvalue weighted by atomic mass is 16.2. The molecule has 0 aliphatic rings. The first-order chi connectivity index (χ1) is 12.8. The van der Waals surface area contributed by atoms with Crippen LogP contribution in [-0.2, 0) is 13.6 Å². The number of H-pyrrole nitrogens is 1. The SMILES string of the molecule is Cc1cc2nc(CN(C)C(=O)NC(c3nccn3C)C(C)C)[nH]c2cc1C. The van der Waals surface area contributed by atoms with Crippen LogP contribution in [0.3, 0.4) is 0 Å². The van der Waals surface area contributed by atoms with Crippen LogP contribution in [0.2, 0.25) is 0 Å². The smallest absolute Gasteiger partial charge is 0.318 e. The summed E-state index contributed by atoms with van der Waals surface area (Å²) in [6, 6.07) is 3.86. The summed E-state index contributed by atoms with van der Waals surface area (Å²) in [5, 5.41) is 3.09. The van der Waals surface area contributed by atoms with Gasteiger partial charge < -0.3 is 19.8 Å². The fourth-order valence-electron chi connectivity index (χ4n) is 3.14. The number of carbonyl (C=O) groups excluding carboxylic acids is 1. The van der Waals surface area contributed by atoms with Crippen LogP contribution in [0, 0.1) is 19.8 Å². The molecular formula is C20H28N6O. The maximum absolute atomic E-state index is 12.7. The van der Waals surface area contributed by atoms with Gasteiger partial charge in [0, 0.05) is 26.5 Å². The molecule has 2 heterocycles. The molecule has 27 heavy (non-hydrogen) atoms. The van der Waals surface area contributed by atoms with E-state index >= 15 is 0 Å². The van der Waals surface area contributed by atoms with E-state index in [4.69, 9.17) is 0 Å². The van der Waals surface area contributed by atoms with Crippen LogP contribution in [0.15, 0.2) is 24.5 Å². The van der Waals surface area contributed by atoms with Crippen LogP contribution in [0.25, 0.3) is 11.0 Å². The van der Waals surface area contributed by atoms with Gasteiger partial charge in [-0.05, 0) is 43.0 Å². The van der Waals surface area contributed by atoms with E-state index in [1.807, 2.05) is 17.8 Å². The zero-order valence-electron chi connectivity index (χ0n) is 16.9. The number of aryl methyl sites for hydroxylation is 3. The molecule has 3 rings (SSSR count). The van der Waals surface area contributed by atoms with E-state index < -0.39 is 0 Å². The zero-order valence-corrected chi connectivity index (χ0v) is 16.9. The number of urea groups is 1. The lowest BCUT2D eigenvalue weighted by atomic mass is 10.0. The number of hydrogen-bond acceptors (Lipinski definition) is 3. The highest BCUT2D eigenvalue weighted by Gasteiger charge is 2.24. The topological polar surface area (TPSA) is 78.8 Å². The average Bonchev–Trinajstić information content (AvgIpc) is 3.18. The van der Waals surface area contributed by atoms with E-state index in [-0.39, 0.29) is 18.0 Å². The Morgan fingerprint density at radius 1 is 1.30 bits per heavy atom. The minimum atomic E-state index is -0.152. The van der Waals surface area contributed by atoms with Crippen molar-refractivity contribution in [3.05, 3.63) is 47.3 Å². The molecule has 1 aromatic carbocycles. The van der Waals surface area contributed by atoms with E-state index in [9.17, 15) is 4.79 Å². The van der Waals surface area contributed by atoms with Crippen LogP contribution in [0.4, 0.5) is 4.79 Å². The van der Waals surface area contributed by atoms with Gasteiger partial charge in [0.1, 0.15) is 11.6 Å². The van der Waals surface area contributed by atoms with Gasteiger partial charge in [-0.25, -0.2) is 14.8 Å². The number of carbonyl (C=O) groups is 1. The summed E-state index contributed by atoms with van der Waals surface area (Å²) in [5.74, 6) is 1.84. The maximum atomic E-state index is 12.7. The summed E-state index contributed by atoms with van der Waals surface area (Å²) < 4.78 is 1.94. The van der Waals surface area contributed by atoms with Crippen molar-refractivity contribution in [3.63, 3.8) is 0 Å². The molecule has 7 nitrogen and oxygen atoms in total. The number of hydrogen-bond donors (Lipinski definition) is 2. The number of benzene rings is 1. The number of aromatic amines is 1. The van der Waals surface area contributed by atoms with Crippen molar-refractivity contribution in [1.29, 1.82) is 0 Å². The number of amides is 2. The lowest BCUT2D eigenvalue weighted by Gasteiger charge is -2.25. The Labute approximate surface area is 159 Å². The molecule has 0 radical (unpaired) electrons. The van der Waals surface area contributed by atoms with Gasteiger partial charge in [0.2, 0.25) is 0 Å². The second kappa shape index (κ2) is 7.42. The Morgan fingerprint density at radius 3 is 2.63 bits per heavy atom. The normalized spacial score (nSPS) is 12.6. The van der Waals surface area contributed by atoms with Crippen molar-refractivity contribution in [1.82, 2.24) is 29.7 Å². The van der Waals surface area contributed by atoms with E-state index in [0.717, 1.165) is 22.7 Å². The fourth-order valence-corrected chi connectivity index (χ4v) is 3.14. The fraction of sp³-hybridized carbons (Fsp3) is 0.450. The number of nitrogens with zero attached hydrogens (tertiary/aromatic N) is 4. The highest BCUT2D eigenvalue weighted by molar-refractivity contribution is 5.77. The van der Waals surface area contributed by atoms with Crippen molar-refractivity contribution in [2.75, 3.05) is 7.05 Å². The molecule has 0 saturated heterocycles. The molecule has 144 valence electrons. The lowest BCUT2D eigenvalue weighted by molar-refractivity contribution is 0.196. The summed E-state index contributed by atoms with van der Waals surface area (Å²) in [6.07, 6.45) is 3.64. The highest BCUT2D eigenvalue weighted by Crippen LogP contribution is 2.21. The van der Waals surface area contributed by atoms with E-state index in [0.29, 0.717) is 6.54 Å². The Kier molecular flexibility index (Phi) is 5.21. The van der Waals surface area contributed by atoms with Crippen LogP contribution in [0.5, 0.6) is 0 Å². The third-order valence-corrected chi connectivity index (χ3v) is 4.96. The summed E-state index contributed by atoms with van der Waals surface area (Å²) in [7, 11) is 3.71. The number of rotatable bonds is 5. The molecule has 0 aliphatic heterocycles. The van der Waals surface area contributed by atoms with Crippen molar-refractivity contribution < 1.29 is 4.79 Å². The summed E-state index contributed by atoms with van der Waals surface area (Å²) in [5.41, 5.74) is 4.35. The number of aromatic nitrogens is 4. The molecule has 0 aliphatic carbocycles. The Morgan fingerprint density at radius 2 is 2.00 bits per heavy atom. The number of fused-ring (bicyclic) bond motifs is 1. The Balaban J connectivity index is 1.72. The molecule has 2 N–H and O–H groups in total. The third kappa shape index (κ3) is 3.97. The zero-order chi connectivity index (χ0) is 19.7. The summed E-state index contributed by atoms with van der Waals surface area (Å²) in [4.78, 5) is 26.7. The summed E-state index contributed by atoms with van der Waals surface area (Å²) in [6.45, 7) is 8.71. The van der Waals surface area contributed by atoms with Crippen LogP contribution < -0.4 is 5.32 Å². The van der Waals surface area contributed by atoms with Gasteiger partial charge in [0.05, 0.1) is 23.6 Å². The largest absolute Gasteiger partial charge is 0.340 e. The third-order valence-electron chi connectivity index (χ3n) is 4.96. The number of nitrogens with one attached hydrogen (secondary N) is 2. The molecule has 2 aromatic heterocycles. The van der Waals surface area contributed by atoms with Gasteiger partial charge in [-0.1, -0.05) is 13.8 Å². The molecular weight excluding hydrogens is 340 g/mol. The monoisotopic (exact) mass is 368 g/mol. The van der Waals surface area contributed by atoms with Gasteiger partial charge in [-0.15, -0.1) is 0 Å². The molecule has 3 aromatic rings. The second-order valence-electron chi connectivity index (χ2n) is 7.56. The van der Waals surface area contributed by atoms with Crippen LogP contribution >= 0.6 is 0 Å². The minimum Gasteiger partial charge on any atom is -0.340 e. The van der Waals surface area contributed by atoms with Crippen molar-refractivity contribution in [2.45, 2.75) is 40.3 Å². The molecule has 1 atom stereocenters. The molecule has 7 heteroatoms. The molecule has 0 fully saturated rings. The van der Waals surface area contributed by atoms with Crippen molar-refractivity contribution in [2.24, 2.45) is 13.0 Å². The van der Waals surface area contributed by atoms with Gasteiger partial charge in [-0.2, -0.15) is 0 Å². The van der Waals surface area contributed by atoms with Gasteiger partial charge in [-0.3, -0.25) is 0 Å². The minimum absolute atomic E-state index is 0.149. The predicted molar refractivity (Wildman–Crippen MR) is 106 cm³/mol. The Hall–Kier alpha value is -2.83.